The number of aromatic amines is 1. The van der Waals surface area contributed by atoms with Crippen molar-refractivity contribution in [3.63, 3.8) is 0 Å². The largest absolute Gasteiger partial charge is 0.494 e. The van der Waals surface area contributed by atoms with Crippen molar-refractivity contribution in [2.24, 2.45) is 0 Å². The summed E-state index contributed by atoms with van der Waals surface area (Å²) in [6.45, 7) is 2.58. The van der Waals surface area contributed by atoms with Crippen molar-refractivity contribution in [1.82, 2.24) is 9.97 Å². The molecule has 1 aromatic heterocycles. The number of aromatic carboxylic acids is 1. The number of nitrogens with zero attached hydrogens (tertiary/aromatic N) is 1. The van der Waals surface area contributed by atoms with Crippen LogP contribution in [-0.2, 0) is 4.74 Å². The Hall–Kier alpha value is -2.48. The van der Waals surface area contributed by atoms with Crippen molar-refractivity contribution < 1.29 is 24.2 Å². The van der Waals surface area contributed by atoms with E-state index in [9.17, 15) is 9.59 Å². The molecule has 0 aliphatic carbocycles. The monoisotopic (exact) mass is 350 g/mol. The molecule has 24 heavy (non-hydrogen) atoms. The summed E-state index contributed by atoms with van der Waals surface area (Å²) in [5, 5.41) is 9.47. The predicted octanol–water partition coefficient (Wildman–Crippen LogP) is 2.85. The van der Waals surface area contributed by atoms with Gasteiger partial charge in [-0.15, -0.1) is 0 Å². The molecule has 0 atom stereocenters. The van der Waals surface area contributed by atoms with Crippen LogP contribution in [0.15, 0.2) is 35.6 Å². The van der Waals surface area contributed by atoms with Gasteiger partial charge in [-0.3, -0.25) is 0 Å². The molecule has 1 aromatic carbocycles. The highest BCUT2D eigenvalue weighted by molar-refractivity contribution is 7.99. The topological polar surface area (TPSA) is 102 Å². The zero-order chi connectivity index (χ0) is 17.4. The number of hydrogen-bond donors (Lipinski definition) is 2. The van der Waals surface area contributed by atoms with Crippen molar-refractivity contribution in [1.29, 1.82) is 0 Å². The van der Waals surface area contributed by atoms with Crippen molar-refractivity contribution in [3.8, 4) is 5.75 Å². The molecule has 8 heteroatoms. The molecule has 7 nitrogen and oxygen atoms in total. The molecule has 128 valence electrons. The Morgan fingerprint density at radius 3 is 2.71 bits per heavy atom. The first-order valence-electron chi connectivity index (χ1n) is 7.41. The van der Waals surface area contributed by atoms with Crippen LogP contribution in [-0.4, -0.2) is 46.0 Å². The number of benzene rings is 1. The number of carbonyl (C=O) groups is 2. The van der Waals surface area contributed by atoms with E-state index in [1.54, 1.807) is 19.1 Å². The molecular formula is C16H18N2O5S. The number of carboxylic acid groups (broad SMARTS) is 1. The number of hydrogen-bond acceptors (Lipinski definition) is 6. The molecule has 0 aliphatic heterocycles. The molecule has 0 spiro atoms. The highest BCUT2D eigenvalue weighted by Crippen LogP contribution is 2.16. The minimum absolute atomic E-state index is 0.230. The summed E-state index contributed by atoms with van der Waals surface area (Å²) in [7, 11) is 0. The second-order valence-electron chi connectivity index (χ2n) is 4.70. The zero-order valence-electron chi connectivity index (χ0n) is 13.2. The Morgan fingerprint density at radius 1 is 1.29 bits per heavy atom. The Bertz CT molecular complexity index is 684. The average molecular weight is 350 g/mol. The molecule has 2 N–H and O–H groups in total. The van der Waals surface area contributed by atoms with E-state index in [0.717, 1.165) is 12.2 Å². The van der Waals surface area contributed by atoms with E-state index in [4.69, 9.17) is 14.6 Å². The fraction of sp³-hybridized carbons (Fsp3) is 0.312. The molecule has 0 bridgehead atoms. The standard InChI is InChI=1S/C16H18N2O5S/c1-2-22-15(21)13-10-17-16(18-13)24-9-3-8-23-12-6-4-11(5-7-12)14(19)20/h4-7,10H,2-3,8-9H2,1H3,(H,17,18)(H,19,20). The number of carbonyl (C=O) groups excluding carboxylic acids is 1. The minimum Gasteiger partial charge on any atom is -0.494 e. The summed E-state index contributed by atoms with van der Waals surface area (Å²) < 4.78 is 10.4. The van der Waals surface area contributed by atoms with E-state index >= 15 is 0 Å². The first-order chi connectivity index (χ1) is 11.6. The summed E-state index contributed by atoms with van der Waals surface area (Å²) in [4.78, 5) is 29.3. The summed E-state index contributed by atoms with van der Waals surface area (Å²) in [6, 6.07) is 6.28. The molecule has 0 saturated heterocycles. The van der Waals surface area contributed by atoms with Crippen LogP contribution in [0.3, 0.4) is 0 Å². The van der Waals surface area contributed by atoms with Crippen molar-refractivity contribution in [2.75, 3.05) is 19.0 Å². The molecule has 0 radical (unpaired) electrons. The van der Waals surface area contributed by atoms with Crippen LogP contribution in [0.4, 0.5) is 0 Å². The number of nitrogens with one attached hydrogen (secondary N) is 1. The van der Waals surface area contributed by atoms with Crippen LogP contribution in [0.1, 0.15) is 34.2 Å². The lowest BCUT2D eigenvalue weighted by atomic mass is 10.2. The maximum absolute atomic E-state index is 11.5. The number of ether oxygens (including phenoxy) is 2. The Labute approximate surface area is 143 Å². The molecule has 0 aliphatic rings. The fourth-order valence-electron chi connectivity index (χ4n) is 1.80. The third-order valence-electron chi connectivity index (χ3n) is 2.95. The van der Waals surface area contributed by atoms with Gasteiger partial charge in [0.1, 0.15) is 11.4 Å². The van der Waals surface area contributed by atoms with Crippen LogP contribution in [0.5, 0.6) is 5.75 Å². The average Bonchev–Trinajstić information content (AvgIpc) is 3.04. The van der Waals surface area contributed by atoms with Gasteiger partial charge in [0.25, 0.3) is 0 Å². The number of H-pyrrole nitrogens is 1. The van der Waals surface area contributed by atoms with E-state index < -0.39 is 11.9 Å². The van der Waals surface area contributed by atoms with Gasteiger partial charge in [0.05, 0.1) is 25.0 Å². The lowest BCUT2D eigenvalue weighted by molar-refractivity contribution is 0.0519. The molecule has 2 rings (SSSR count). The summed E-state index contributed by atoms with van der Waals surface area (Å²) in [5.41, 5.74) is 0.572. The van der Waals surface area contributed by atoms with Gasteiger partial charge in [-0.1, -0.05) is 11.8 Å². The van der Waals surface area contributed by atoms with Crippen molar-refractivity contribution in [2.45, 2.75) is 18.5 Å². The van der Waals surface area contributed by atoms with E-state index in [-0.39, 0.29) is 5.56 Å². The van der Waals surface area contributed by atoms with Crippen LogP contribution in [0, 0.1) is 0 Å². The summed E-state index contributed by atoms with van der Waals surface area (Å²) in [6.07, 6.45) is 2.24. The smallest absolute Gasteiger partial charge is 0.356 e. The van der Waals surface area contributed by atoms with Gasteiger partial charge >= 0.3 is 11.9 Å². The molecule has 0 unspecified atom stereocenters. The predicted molar refractivity (Wildman–Crippen MR) is 88.8 cm³/mol. The van der Waals surface area contributed by atoms with Crippen LogP contribution >= 0.6 is 11.8 Å². The van der Waals surface area contributed by atoms with E-state index in [0.29, 0.717) is 29.8 Å². The van der Waals surface area contributed by atoms with Gasteiger partial charge in [0, 0.05) is 5.75 Å². The number of aromatic nitrogens is 2. The van der Waals surface area contributed by atoms with Crippen LogP contribution < -0.4 is 4.74 Å². The molecule has 2 aromatic rings. The Balaban J connectivity index is 1.68. The third kappa shape index (κ3) is 5.31. The summed E-state index contributed by atoms with van der Waals surface area (Å²) in [5.74, 6) is 0.0272. The van der Waals surface area contributed by atoms with Gasteiger partial charge < -0.3 is 19.6 Å². The van der Waals surface area contributed by atoms with E-state index in [1.807, 2.05) is 0 Å². The number of esters is 1. The first kappa shape index (κ1) is 17.9. The third-order valence-corrected chi connectivity index (χ3v) is 3.92. The first-order valence-corrected chi connectivity index (χ1v) is 8.39. The lowest BCUT2D eigenvalue weighted by Gasteiger charge is -2.05. The highest BCUT2D eigenvalue weighted by atomic mass is 32.2. The van der Waals surface area contributed by atoms with Gasteiger partial charge in [-0.2, -0.15) is 0 Å². The number of thioether (sulfide) groups is 1. The second-order valence-corrected chi connectivity index (χ2v) is 5.79. The number of carboxylic acids is 1. The van der Waals surface area contributed by atoms with E-state index in [1.165, 1.54) is 30.1 Å². The Morgan fingerprint density at radius 2 is 2.04 bits per heavy atom. The minimum atomic E-state index is -0.960. The second kappa shape index (κ2) is 8.97. The lowest BCUT2D eigenvalue weighted by Crippen LogP contribution is -2.04. The van der Waals surface area contributed by atoms with Gasteiger partial charge in [0.15, 0.2) is 5.16 Å². The zero-order valence-corrected chi connectivity index (χ0v) is 14.0. The highest BCUT2D eigenvalue weighted by Gasteiger charge is 2.10. The molecule has 0 amide bonds. The van der Waals surface area contributed by atoms with Gasteiger partial charge in [0.2, 0.25) is 0 Å². The fourth-order valence-corrected chi connectivity index (χ4v) is 2.57. The van der Waals surface area contributed by atoms with Crippen LogP contribution in [0.25, 0.3) is 0 Å². The normalized spacial score (nSPS) is 10.4. The number of rotatable bonds is 9. The van der Waals surface area contributed by atoms with Crippen LogP contribution in [0.2, 0.25) is 0 Å². The van der Waals surface area contributed by atoms with Crippen molar-refractivity contribution >= 4 is 23.7 Å². The van der Waals surface area contributed by atoms with Gasteiger partial charge in [-0.25, -0.2) is 14.6 Å². The molecular weight excluding hydrogens is 332 g/mol. The molecule has 1 heterocycles. The van der Waals surface area contributed by atoms with Crippen molar-refractivity contribution in [3.05, 3.63) is 41.7 Å². The SMILES string of the molecule is CCOC(=O)c1cnc(SCCCOc2ccc(C(=O)O)cc2)[nH]1. The summed E-state index contributed by atoms with van der Waals surface area (Å²) >= 11 is 1.49. The Kier molecular flexibility index (Phi) is 6.68. The quantitative estimate of drug-likeness (QED) is 0.407. The maximum Gasteiger partial charge on any atom is 0.356 e. The van der Waals surface area contributed by atoms with Gasteiger partial charge in [-0.05, 0) is 37.6 Å². The molecule has 0 fully saturated rings. The van der Waals surface area contributed by atoms with E-state index in [2.05, 4.69) is 9.97 Å². The number of imidazole rings is 1. The molecule has 0 saturated carbocycles. The maximum atomic E-state index is 11.5.